The van der Waals surface area contributed by atoms with Gasteiger partial charge in [-0.2, -0.15) is 0 Å². The lowest BCUT2D eigenvalue weighted by Crippen LogP contribution is -2.30. The third-order valence-corrected chi connectivity index (χ3v) is 6.13. The molecule has 2 aromatic carbocycles. The number of amides is 1. The van der Waals surface area contributed by atoms with Crippen LogP contribution in [0.1, 0.15) is 23.4 Å². The third-order valence-electron chi connectivity index (χ3n) is 4.77. The predicted octanol–water partition coefficient (Wildman–Crippen LogP) is 4.77. The summed E-state index contributed by atoms with van der Waals surface area (Å²) < 4.78 is 57.6. The topological polar surface area (TPSA) is 57.2 Å². The van der Waals surface area contributed by atoms with Crippen LogP contribution < -0.4 is 18.9 Å². The van der Waals surface area contributed by atoms with Gasteiger partial charge < -0.3 is 23.8 Å². The normalized spacial score (nSPS) is 18.8. The van der Waals surface area contributed by atoms with Gasteiger partial charge in [0.2, 0.25) is 5.91 Å². The highest BCUT2D eigenvalue weighted by Gasteiger charge is 2.42. The number of halogens is 3. The van der Waals surface area contributed by atoms with E-state index in [2.05, 4.69) is 4.74 Å². The molecule has 3 rings (SSSR count). The van der Waals surface area contributed by atoms with Gasteiger partial charge in [-0.1, -0.05) is 12.1 Å². The second-order valence-corrected chi connectivity index (χ2v) is 8.13. The molecule has 2 aromatic rings. The molecule has 1 aliphatic rings. The van der Waals surface area contributed by atoms with Crippen molar-refractivity contribution in [1.82, 2.24) is 4.90 Å². The van der Waals surface area contributed by atoms with Crippen LogP contribution in [-0.4, -0.2) is 43.7 Å². The molecule has 1 amide bonds. The number of hydrogen-bond acceptors (Lipinski definition) is 6. The zero-order valence-corrected chi connectivity index (χ0v) is 18.2. The number of hydrogen-bond donors (Lipinski definition) is 0. The van der Waals surface area contributed by atoms with Crippen molar-refractivity contribution in [3.05, 3.63) is 47.5 Å². The Balaban J connectivity index is 1.94. The van der Waals surface area contributed by atoms with E-state index in [1.54, 1.807) is 24.0 Å². The SMILES string of the molecule is COc1ccc(OC)c(C2SC(C)C(=O)N2Cc2ccc(OC(F)(F)F)cc2)c1OC. The molecule has 0 spiro atoms. The first kappa shape index (κ1) is 22.9. The lowest BCUT2D eigenvalue weighted by Gasteiger charge is -2.27. The molecular formula is C21H22F3NO5S. The molecule has 1 heterocycles. The van der Waals surface area contributed by atoms with Crippen molar-refractivity contribution >= 4 is 17.7 Å². The summed E-state index contributed by atoms with van der Waals surface area (Å²) in [7, 11) is 4.56. The molecule has 0 aromatic heterocycles. The van der Waals surface area contributed by atoms with E-state index in [1.165, 1.54) is 57.4 Å². The Hall–Kier alpha value is -2.75. The van der Waals surface area contributed by atoms with Gasteiger partial charge in [-0.05, 0) is 36.8 Å². The van der Waals surface area contributed by atoms with Gasteiger partial charge in [-0.25, -0.2) is 0 Å². The summed E-state index contributed by atoms with van der Waals surface area (Å²) in [6, 6.07) is 8.91. The van der Waals surface area contributed by atoms with Crippen LogP contribution in [0.2, 0.25) is 0 Å². The molecule has 1 saturated heterocycles. The first-order chi connectivity index (χ1) is 14.7. The zero-order valence-electron chi connectivity index (χ0n) is 17.4. The van der Waals surface area contributed by atoms with Crippen LogP contribution in [-0.2, 0) is 11.3 Å². The van der Waals surface area contributed by atoms with Crippen LogP contribution in [0.15, 0.2) is 36.4 Å². The molecule has 0 N–H and O–H groups in total. The molecule has 0 radical (unpaired) electrons. The number of benzene rings is 2. The Morgan fingerprint density at radius 2 is 1.58 bits per heavy atom. The van der Waals surface area contributed by atoms with E-state index >= 15 is 0 Å². The van der Waals surface area contributed by atoms with E-state index in [1.807, 2.05) is 0 Å². The average Bonchev–Trinajstić information content (AvgIpc) is 3.00. The molecule has 0 aliphatic carbocycles. The number of nitrogens with zero attached hydrogens (tertiary/aromatic N) is 1. The van der Waals surface area contributed by atoms with E-state index in [-0.39, 0.29) is 23.5 Å². The zero-order chi connectivity index (χ0) is 22.8. The highest BCUT2D eigenvalue weighted by molar-refractivity contribution is 8.01. The quantitative estimate of drug-likeness (QED) is 0.597. The molecule has 6 nitrogen and oxygen atoms in total. The molecule has 0 saturated carbocycles. The van der Waals surface area contributed by atoms with Crippen molar-refractivity contribution in [2.24, 2.45) is 0 Å². The molecule has 10 heteroatoms. The molecule has 1 fully saturated rings. The average molecular weight is 457 g/mol. The highest BCUT2D eigenvalue weighted by Crippen LogP contribution is 2.52. The second kappa shape index (κ2) is 9.17. The van der Waals surface area contributed by atoms with E-state index in [0.717, 1.165) is 0 Å². The summed E-state index contributed by atoms with van der Waals surface area (Å²) in [5.41, 5.74) is 1.31. The van der Waals surface area contributed by atoms with Gasteiger partial charge in [0, 0.05) is 6.54 Å². The maximum Gasteiger partial charge on any atom is 0.573 e. The summed E-state index contributed by atoms with van der Waals surface area (Å²) in [5, 5.41) is -0.757. The van der Waals surface area contributed by atoms with E-state index < -0.39 is 11.7 Å². The van der Waals surface area contributed by atoms with Crippen molar-refractivity contribution in [3.63, 3.8) is 0 Å². The molecule has 2 unspecified atom stereocenters. The van der Waals surface area contributed by atoms with Gasteiger partial charge in [0.05, 0.1) is 32.1 Å². The fourth-order valence-electron chi connectivity index (χ4n) is 3.40. The molecule has 2 atom stereocenters. The number of rotatable bonds is 7. The maximum absolute atomic E-state index is 12.9. The number of thioether (sulfide) groups is 1. The van der Waals surface area contributed by atoms with Crippen LogP contribution in [0.25, 0.3) is 0 Å². The lowest BCUT2D eigenvalue weighted by atomic mass is 10.1. The van der Waals surface area contributed by atoms with Crippen LogP contribution in [0.5, 0.6) is 23.0 Å². The van der Waals surface area contributed by atoms with Gasteiger partial charge >= 0.3 is 6.36 Å². The van der Waals surface area contributed by atoms with Crippen LogP contribution in [0, 0.1) is 0 Å². The van der Waals surface area contributed by atoms with Gasteiger partial charge in [0.25, 0.3) is 0 Å². The van der Waals surface area contributed by atoms with Crippen LogP contribution in [0.4, 0.5) is 13.2 Å². The van der Waals surface area contributed by atoms with Gasteiger partial charge in [0.1, 0.15) is 16.9 Å². The standard InChI is InChI=1S/C21H22F3NO5S/c1-12-19(26)25(11-13-5-7-14(8-6-13)30-21(22,23)24)20(31-12)17-15(27-2)9-10-16(28-3)18(17)29-4/h5-10,12,20H,11H2,1-4H3. The Labute approximate surface area is 182 Å². The highest BCUT2D eigenvalue weighted by atomic mass is 32.2. The number of alkyl halides is 3. The summed E-state index contributed by atoms with van der Waals surface area (Å²) in [4.78, 5) is 14.6. The third kappa shape index (κ3) is 4.95. The van der Waals surface area contributed by atoms with Crippen LogP contribution >= 0.6 is 11.8 Å². The maximum atomic E-state index is 12.9. The minimum absolute atomic E-state index is 0.0995. The smallest absolute Gasteiger partial charge is 0.496 e. The van der Waals surface area contributed by atoms with Gasteiger partial charge in [-0.3, -0.25) is 4.79 Å². The van der Waals surface area contributed by atoms with Crippen molar-refractivity contribution in [2.45, 2.75) is 30.5 Å². The molecular weight excluding hydrogens is 435 g/mol. The van der Waals surface area contributed by atoms with Gasteiger partial charge in [-0.15, -0.1) is 24.9 Å². The first-order valence-corrected chi connectivity index (χ1v) is 10.2. The molecule has 0 bridgehead atoms. The largest absolute Gasteiger partial charge is 0.573 e. The van der Waals surface area contributed by atoms with Crippen molar-refractivity contribution in [2.75, 3.05) is 21.3 Å². The minimum Gasteiger partial charge on any atom is -0.496 e. The fourth-order valence-corrected chi connectivity index (χ4v) is 4.72. The summed E-state index contributed by atoms with van der Waals surface area (Å²) in [6.07, 6.45) is -4.76. The van der Waals surface area contributed by atoms with Crippen molar-refractivity contribution < 1.29 is 36.9 Å². The number of methoxy groups -OCH3 is 3. The molecule has 1 aliphatic heterocycles. The van der Waals surface area contributed by atoms with Crippen molar-refractivity contribution in [3.8, 4) is 23.0 Å². The van der Waals surface area contributed by atoms with Crippen molar-refractivity contribution in [1.29, 1.82) is 0 Å². The summed E-state index contributed by atoms with van der Waals surface area (Å²) >= 11 is 1.43. The second-order valence-electron chi connectivity index (χ2n) is 6.71. The Morgan fingerprint density at radius 1 is 0.968 bits per heavy atom. The minimum atomic E-state index is -4.76. The summed E-state index contributed by atoms with van der Waals surface area (Å²) in [6.45, 7) is 2.00. The predicted molar refractivity (Wildman–Crippen MR) is 110 cm³/mol. The Kier molecular flexibility index (Phi) is 6.78. The monoisotopic (exact) mass is 457 g/mol. The van der Waals surface area contributed by atoms with E-state index in [9.17, 15) is 18.0 Å². The number of carbonyl (C=O) groups excluding carboxylic acids is 1. The van der Waals surface area contributed by atoms with Gasteiger partial charge in [0.15, 0.2) is 11.5 Å². The van der Waals surface area contributed by atoms with E-state index in [0.29, 0.717) is 28.4 Å². The van der Waals surface area contributed by atoms with Crippen LogP contribution in [0.3, 0.4) is 0 Å². The summed E-state index contributed by atoms with van der Waals surface area (Å²) in [5.74, 6) is 1.08. The lowest BCUT2D eigenvalue weighted by molar-refractivity contribution is -0.274. The molecule has 31 heavy (non-hydrogen) atoms. The Bertz CT molecular complexity index is 936. The number of ether oxygens (including phenoxy) is 4. The Morgan fingerprint density at radius 3 is 2.13 bits per heavy atom. The fraction of sp³-hybridized carbons (Fsp3) is 0.381. The first-order valence-electron chi connectivity index (χ1n) is 9.28. The number of carbonyl (C=O) groups is 1. The molecule has 168 valence electrons. The van der Waals surface area contributed by atoms with E-state index in [4.69, 9.17) is 14.2 Å².